The second-order valence-electron chi connectivity index (χ2n) is 3.02. The zero-order valence-corrected chi connectivity index (χ0v) is 6.22. The van der Waals surface area contributed by atoms with Gasteiger partial charge in [0.05, 0.1) is 0 Å². The molecular formula is C9H14. The molecule has 1 aliphatic rings. The van der Waals surface area contributed by atoms with Gasteiger partial charge in [-0.25, -0.2) is 0 Å². The lowest BCUT2D eigenvalue weighted by atomic mass is 10.0. The molecule has 0 aliphatic heterocycles. The minimum atomic E-state index is 0.805. The van der Waals surface area contributed by atoms with E-state index in [0.29, 0.717) is 0 Å². The summed E-state index contributed by atoms with van der Waals surface area (Å²) in [6.07, 6.45) is 9.16. The molecule has 1 rings (SSSR count). The van der Waals surface area contributed by atoms with E-state index in [4.69, 9.17) is 0 Å². The zero-order valence-electron chi connectivity index (χ0n) is 6.22. The van der Waals surface area contributed by atoms with Gasteiger partial charge in [0, 0.05) is 0 Å². The van der Waals surface area contributed by atoms with Crippen molar-refractivity contribution in [2.75, 3.05) is 0 Å². The molecule has 1 aliphatic carbocycles. The molecule has 0 radical (unpaired) electrons. The van der Waals surface area contributed by atoms with Crippen LogP contribution in [0.15, 0.2) is 23.8 Å². The van der Waals surface area contributed by atoms with E-state index >= 15 is 0 Å². The van der Waals surface area contributed by atoms with Crippen molar-refractivity contribution >= 4 is 0 Å². The van der Waals surface area contributed by atoms with Crippen molar-refractivity contribution in [3.05, 3.63) is 23.8 Å². The van der Waals surface area contributed by atoms with Crippen molar-refractivity contribution in [3.63, 3.8) is 0 Å². The molecule has 0 fully saturated rings. The summed E-state index contributed by atoms with van der Waals surface area (Å²) in [6, 6.07) is 0. The van der Waals surface area contributed by atoms with Gasteiger partial charge in [-0.1, -0.05) is 37.6 Å². The van der Waals surface area contributed by atoms with Crippen molar-refractivity contribution in [2.45, 2.75) is 26.7 Å². The number of hydrogen-bond donors (Lipinski definition) is 0. The predicted molar refractivity (Wildman–Crippen MR) is 41.3 cm³/mol. The SMILES string of the molecule is CC(C)CC1=CCC=C1. The van der Waals surface area contributed by atoms with Crippen LogP contribution in [-0.2, 0) is 0 Å². The van der Waals surface area contributed by atoms with Crippen LogP contribution in [0.4, 0.5) is 0 Å². The fourth-order valence-electron chi connectivity index (χ4n) is 1.13. The summed E-state index contributed by atoms with van der Waals surface area (Å²) < 4.78 is 0. The monoisotopic (exact) mass is 122 g/mol. The Bertz CT molecular complexity index is 138. The van der Waals surface area contributed by atoms with Crippen LogP contribution in [0.1, 0.15) is 26.7 Å². The highest BCUT2D eigenvalue weighted by molar-refractivity contribution is 5.25. The summed E-state index contributed by atoms with van der Waals surface area (Å²) in [5.74, 6) is 0.805. The lowest BCUT2D eigenvalue weighted by Gasteiger charge is -2.01. The van der Waals surface area contributed by atoms with Crippen LogP contribution in [0.25, 0.3) is 0 Å². The van der Waals surface area contributed by atoms with Crippen LogP contribution < -0.4 is 0 Å². The van der Waals surface area contributed by atoms with E-state index in [9.17, 15) is 0 Å². The topological polar surface area (TPSA) is 0 Å². The first-order valence-electron chi connectivity index (χ1n) is 3.64. The van der Waals surface area contributed by atoms with E-state index in [-0.39, 0.29) is 0 Å². The third kappa shape index (κ3) is 2.05. The molecule has 0 heteroatoms. The highest BCUT2D eigenvalue weighted by Crippen LogP contribution is 2.17. The van der Waals surface area contributed by atoms with Crippen LogP contribution in [0.5, 0.6) is 0 Å². The molecule has 0 heterocycles. The maximum atomic E-state index is 2.31. The molecule has 0 N–H and O–H groups in total. The van der Waals surface area contributed by atoms with E-state index in [2.05, 4.69) is 32.1 Å². The first-order valence-corrected chi connectivity index (χ1v) is 3.64. The van der Waals surface area contributed by atoms with Crippen molar-refractivity contribution in [2.24, 2.45) is 5.92 Å². The molecule has 0 saturated heterocycles. The molecule has 50 valence electrons. The zero-order chi connectivity index (χ0) is 6.69. The molecule has 0 unspecified atom stereocenters. The molecule has 0 spiro atoms. The fourth-order valence-corrected chi connectivity index (χ4v) is 1.13. The minimum absolute atomic E-state index is 0.805. The largest absolute Gasteiger partial charge is 0.0805 e. The maximum absolute atomic E-state index is 2.31. The van der Waals surface area contributed by atoms with Crippen molar-refractivity contribution < 1.29 is 0 Å². The standard InChI is InChI=1S/C9H14/c1-8(2)7-9-5-3-4-6-9/h3,5-6,8H,4,7H2,1-2H3. The summed E-state index contributed by atoms with van der Waals surface area (Å²) in [5, 5.41) is 0. The molecule has 0 atom stereocenters. The van der Waals surface area contributed by atoms with Crippen molar-refractivity contribution in [1.29, 1.82) is 0 Å². The highest BCUT2D eigenvalue weighted by Gasteiger charge is 1.99. The first-order chi connectivity index (χ1) is 4.29. The first kappa shape index (κ1) is 6.60. The van der Waals surface area contributed by atoms with E-state index in [1.54, 1.807) is 0 Å². The van der Waals surface area contributed by atoms with E-state index in [1.807, 2.05) is 0 Å². The van der Waals surface area contributed by atoms with E-state index in [0.717, 1.165) is 12.3 Å². The molecule has 0 saturated carbocycles. The summed E-state index contributed by atoms with van der Waals surface area (Å²) in [7, 11) is 0. The predicted octanol–water partition coefficient (Wildman–Crippen LogP) is 2.92. The minimum Gasteiger partial charge on any atom is -0.0805 e. The van der Waals surface area contributed by atoms with Crippen LogP contribution in [0.3, 0.4) is 0 Å². The van der Waals surface area contributed by atoms with Crippen LogP contribution >= 0.6 is 0 Å². The van der Waals surface area contributed by atoms with Crippen LogP contribution in [-0.4, -0.2) is 0 Å². The average molecular weight is 122 g/mol. The lowest BCUT2D eigenvalue weighted by molar-refractivity contribution is 0.650. The average Bonchev–Trinajstić information content (AvgIpc) is 2.15. The quantitative estimate of drug-likeness (QED) is 0.528. The molecule has 0 aromatic heterocycles. The second-order valence-corrected chi connectivity index (χ2v) is 3.02. The Hall–Kier alpha value is -0.520. The Kier molecular flexibility index (Phi) is 2.10. The Balaban J connectivity index is 2.35. The Morgan fingerprint density at radius 2 is 2.33 bits per heavy atom. The summed E-state index contributed by atoms with van der Waals surface area (Å²) in [4.78, 5) is 0. The molecular weight excluding hydrogens is 108 g/mol. The molecule has 0 aromatic carbocycles. The number of rotatable bonds is 2. The van der Waals surface area contributed by atoms with Crippen molar-refractivity contribution in [3.8, 4) is 0 Å². The van der Waals surface area contributed by atoms with Gasteiger partial charge < -0.3 is 0 Å². The number of allylic oxidation sites excluding steroid dienone is 4. The van der Waals surface area contributed by atoms with Gasteiger partial charge in [-0.15, -0.1) is 0 Å². The second kappa shape index (κ2) is 2.86. The van der Waals surface area contributed by atoms with Gasteiger partial charge in [-0.2, -0.15) is 0 Å². The summed E-state index contributed by atoms with van der Waals surface area (Å²) >= 11 is 0. The summed E-state index contributed by atoms with van der Waals surface area (Å²) in [5.41, 5.74) is 1.52. The normalized spacial score (nSPS) is 17.0. The Labute approximate surface area is 57.3 Å². The molecule has 0 nitrogen and oxygen atoms in total. The fraction of sp³-hybridized carbons (Fsp3) is 0.556. The van der Waals surface area contributed by atoms with Gasteiger partial charge in [0.2, 0.25) is 0 Å². The lowest BCUT2D eigenvalue weighted by Crippen LogP contribution is -1.86. The Morgan fingerprint density at radius 3 is 2.78 bits per heavy atom. The van der Waals surface area contributed by atoms with Gasteiger partial charge in [0.25, 0.3) is 0 Å². The van der Waals surface area contributed by atoms with Gasteiger partial charge >= 0.3 is 0 Å². The molecule has 0 aromatic rings. The maximum Gasteiger partial charge on any atom is -0.0160 e. The van der Waals surface area contributed by atoms with E-state index < -0.39 is 0 Å². The number of hydrogen-bond acceptors (Lipinski definition) is 0. The Morgan fingerprint density at radius 1 is 1.56 bits per heavy atom. The summed E-state index contributed by atoms with van der Waals surface area (Å²) in [6.45, 7) is 4.51. The molecule has 9 heavy (non-hydrogen) atoms. The van der Waals surface area contributed by atoms with Gasteiger partial charge in [-0.05, 0) is 18.8 Å². The van der Waals surface area contributed by atoms with Crippen LogP contribution in [0, 0.1) is 5.92 Å². The highest BCUT2D eigenvalue weighted by atomic mass is 14.0. The van der Waals surface area contributed by atoms with Crippen molar-refractivity contribution in [1.82, 2.24) is 0 Å². The third-order valence-electron chi connectivity index (χ3n) is 1.49. The third-order valence-corrected chi connectivity index (χ3v) is 1.49. The van der Waals surface area contributed by atoms with Gasteiger partial charge in [0.1, 0.15) is 0 Å². The van der Waals surface area contributed by atoms with E-state index in [1.165, 1.54) is 12.0 Å². The molecule has 0 bridgehead atoms. The smallest absolute Gasteiger partial charge is 0.0160 e. The molecule has 0 amide bonds. The van der Waals surface area contributed by atoms with Crippen LogP contribution in [0.2, 0.25) is 0 Å². The van der Waals surface area contributed by atoms with Gasteiger partial charge in [0.15, 0.2) is 0 Å². The van der Waals surface area contributed by atoms with Gasteiger partial charge in [-0.3, -0.25) is 0 Å².